The van der Waals surface area contributed by atoms with Crippen LogP contribution in [0.15, 0.2) is 42.5 Å². The molecule has 1 N–H and O–H groups in total. The highest BCUT2D eigenvalue weighted by Crippen LogP contribution is 2.36. The smallest absolute Gasteiger partial charge is 0.322 e. The van der Waals surface area contributed by atoms with E-state index in [1.165, 1.54) is 12.1 Å². The van der Waals surface area contributed by atoms with E-state index in [0.29, 0.717) is 12.1 Å². The first kappa shape index (κ1) is 17.8. The van der Waals surface area contributed by atoms with Gasteiger partial charge in [-0.15, -0.1) is 0 Å². The molecule has 0 saturated heterocycles. The Hall–Kier alpha value is -2.58. The standard InChI is InChI=1S/C15H8F7NO/c16-11-2-1-3-12(7-11)23-13(24)8-4-9(14(17,18)19)6-10(5-8)15(20,21)22/h1-7H,(H,23,24). The molecule has 0 saturated carbocycles. The van der Waals surface area contributed by atoms with Crippen molar-refractivity contribution < 1.29 is 35.5 Å². The van der Waals surface area contributed by atoms with E-state index in [1.807, 2.05) is 5.32 Å². The van der Waals surface area contributed by atoms with E-state index >= 15 is 0 Å². The fourth-order valence-corrected chi connectivity index (χ4v) is 1.86. The minimum atomic E-state index is -5.06. The molecular formula is C15H8F7NO. The van der Waals surface area contributed by atoms with Crippen molar-refractivity contribution in [1.29, 1.82) is 0 Å². The number of hydrogen-bond donors (Lipinski definition) is 1. The van der Waals surface area contributed by atoms with Gasteiger partial charge in [-0.1, -0.05) is 6.07 Å². The number of rotatable bonds is 2. The molecule has 128 valence electrons. The Balaban J connectivity index is 2.43. The summed E-state index contributed by atoms with van der Waals surface area (Å²) >= 11 is 0. The first-order valence-corrected chi connectivity index (χ1v) is 6.33. The third-order valence-electron chi connectivity index (χ3n) is 2.93. The lowest BCUT2D eigenvalue weighted by molar-refractivity contribution is -0.143. The minimum absolute atomic E-state index is 0.0844. The van der Waals surface area contributed by atoms with Crippen molar-refractivity contribution >= 4 is 11.6 Å². The van der Waals surface area contributed by atoms with Crippen LogP contribution in [0.4, 0.5) is 36.4 Å². The molecule has 0 aromatic heterocycles. The molecule has 0 atom stereocenters. The lowest BCUT2D eigenvalue weighted by Crippen LogP contribution is -2.17. The maximum Gasteiger partial charge on any atom is 0.416 e. The van der Waals surface area contributed by atoms with Gasteiger partial charge in [0.05, 0.1) is 11.1 Å². The Morgan fingerprint density at radius 2 is 1.38 bits per heavy atom. The van der Waals surface area contributed by atoms with Crippen LogP contribution in [0.5, 0.6) is 0 Å². The molecule has 0 unspecified atom stereocenters. The predicted molar refractivity (Wildman–Crippen MR) is 70.8 cm³/mol. The van der Waals surface area contributed by atoms with Crippen LogP contribution in [0.2, 0.25) is 0 Å². The van der Waals surface area contributed by atoms with Crippen molar-refractivity contribution in [2.75, 3.05) is 5.32 Å². The van der Waals surface area contributed by atoms with Gasteiger partial charge in [0.1, 0.15) is 5.82 Å². The highest BCUT2D eigenvalue weighted by atomic mass is 19.4. The second-order valence-electron chi connectivity index (χ2n) is 4.76. The summed E-state index contributed by atoms with van der Waals surface area (Å²) in [6.07, 6.45) is -10.1. The Morgan fingerprint density at radius 3 is 1.83 bits per heavy atom. The summed E-state index contributed by atoms with van der Waals surface area (Å²) in [5.74, 6) is -1.95. The SMILES string of the molecule is O=C(Nc1cccc(F)c1)c1cc(C(F)(F)F)cc(C(F)(F)F)c1. The maximum atomic E-state index is 13.0. The Bertz CT molecular complexity index is 733. The van der Waals surface area contributed by atoms with Crippen molar-refractivity contribution in [3.8, 4) is 0 Å². The van der Waals surface area contributed by atoms with Gasteiger partial charge in [-0.25, -0.2) is 4.39 Å². The van der Waals surface area contributed by atoms with E-state index in [4.69, 9.17) is 0 Å². The second kappa shape index (κ2) is 6.14. The molecular weight excluding hydrogens is 343 g/mol. The summed E-state index contributed by atoms with van der Waals surface area (Å²) in [5, 5.41) is 2.04. The maximum absolute atomic E-state index is 13.0. The average Bonchev–Trinajstić information content (AvgIpc) is 2.45. The molecule has 1 amide bonds. The van der Waals surface area contributed by atoms with Crippen LogP contribution < -0.4 is 5.32 Å². The Kier molecular flexibility index (Phi) is 4.54. The van der Waals surface area contributed by atoms with Crippen LogP contribution in [0.25, 0.3) is 0 Å². The largest absolute Gasteiger partial charge is 0.416 e. The molecule has 0 spiro atoms. The van der Waals surface area contributed by atoms with Crippen LogP contribution in [0, 0.1) is 5.82 Å². The van der Waals surface area contributed by atoms with E-state index in [9.17, 15) is 35.5 Å². The van der Waals surface area contributed by atoms with Gasteiger partial charge in [0, 0.05) is 11.3 Å². The fraction of sp³-hybridized carbons (Fsp3) is 0.133. The van der Waals surface area contributed by atoms with Crippen molar-refractivity contribution in [3.63, 3.8) is 0 Å². The van der Waals surface area contributed by atoms with E-state index in [-0.39, 0.29) is 11.8 Å². The van der Waals surface area contributed by atoms with Gasteiger partial charge in [0.25, 0.3) is 5.91 Å². The number of alkyl halides is 6. The van der Waals surface area contributed by atoms with Crippen LogP contribution in [-0.2, 0) is 12.4 Å². The van der Waals surface area contributed by atoms with Crippen LogP contribution in [-0.4, -0.2) is 5.91 Å². The summed E-state index contributed by atoms with van der Waals surface area (Å²) in [7, 11) is 0. The lowest BCUT2D eigenvalue weighted by atomic mass is 10.0. The molecule has 0 fully saturated rings. The normalized spacial score (nSPS) is 12.1. The van der Waals surface area contributed by atoms with Crippen LogP contribution in [0.3, 0.4) is 0 Å². The molecule has 0 bridgehead atoms. The quantitative estimate of drug-likeness (QED) is 0.748. The van der Waals surface area contributed by atoms with E-state index in [2.05, 4.69) is 0 Å². The number of benzene rings is 2. The van der Waals surface area contributed by atoms with Gasteiger partial charge in [0.15, 0.2) is 0 Å². The fourth-order valence-electron chi connectivity index (χ4n) is 1.86. The topological polar surface area (TPSA) is 29.1 Å². The van der Waals surface area contributed by atoms with Gasteiger partial charge in [0.2, 0.25) is 0 Å². The lowest BCUT2D eigenvalue weighted by Gasteiger charge is -2.14. The monoisotopic (exact) mass is 351 g/mol. The van der Waals surface area contributed by atoms with Gasteiger partial charge in [-0.2, -0.15) is 26.3 Å². The van der Waals surface area contributed by atoms with E-state index in [1.54, 1.807) is 0 Å². The summed E-state index contributed by atoms with van der Waals surface area (Å²) in [4.78, 5) is 11.9. The summed E-state index contributed by atoms with van der Waals surface area (Å²) in [6.45, 7) is 0. The zero-order chi connectivity index (χ0) is 18.1. The van der Waals surface area contributed by atoms with E-state index < -0.39 is 40.8 Å². The van der Waals surface area contributed by atoms with Crippen molar-refractivity contribution in [2.45, 2.75) is 12.4 Å². The van der Waals surface area contributed by atoms with Crippen molar-refractivity contribution in [2.24, 2.45) is 0 Å². The van der Waals surface area contributed by atoms with Crippen LogP contribution in [0.1, 0.15) is 21.5 Å². The number of amides is 1. The summed E-state index contributed by atoms with van der Waals surface area (Å²) in [5.41, 5.74) is -4.17. The molecule has 2 aromatic carbocycles. The first-order valence-electron chi connectivity index (χ1n) is 6.33. The predicted octanol–water partition coefficient (Wildman–Crippen LogP) is 5.12. The molecule has 0 radical (unpaired) electrons. The third kappa shape index (κ3) is 4.24. The number of nitrogens with one attached hydrogen (secondary N) is 1. The molecule has 0 aliphatic rings. The zero-order valence-corrected chi connectivity index (χ0v) is 11.6. The molecule has 0 heterocycles. The van der Waals surface area contributed by atoms with Crippen molar-refractivity contribution in [3.05, 3.63) is 65.0 Å². The molecule has 24 heavy (non-hydrogen) atoms. The number of carbonyl (C=O) groups is 1. The van der Waals surface area contributed by atoms with Crippen LogP contribution >= 0.6 is 0 Å². The Morgan fingerprint density at radius 1 is 0.833 bits per heavy atom. The highest BCUT2D eigenvalue weighted by Gasteiger charge is 2.37. The molecule has 2 aromatic rings. The van der Waals surface area contributed by atoms with Gasteiger partial charge in [-0.3, -0.25) is 4.79 Å². The highest BCUT2D eigenvalue weighted by molar-refractivity contribution is 6.04. The van der Waals surface area contributed by atoms with E-state index in [0.717, 1.165) is 12.1 Å². The Labute approximate surface area is 130 Å². The van der Waals surface area contributed by atoms with Gasteiger partial charge >= 0.3 is 12.4 Å². The first-order chi connectivity index (χ1) is 11.0. The second-order valence-corrected chi connectivity index (χ2v) is 4.76. The number of hydrogen-bond acceptors (Lipinski definition) is 1. The molecule has 2 nitrogen and oxygen atoms in total. The van der Waals surface area contributed by atoms with Crippen molar-refractivity contribution in [1.82, 2.24) is 0 Å². The minimum Gasteiger partial charge on any atom is -0.322 e. The number of anilines is 1. The van der Waals surface area contributed by atoms with Gasteiger partial charge < -0.3 is 5.32 Å². The number of carbonyl (C=O) groups excluding carboxylic acids is 1. The molecule has 2 rings (SSSR count). The third-order valence-corrected chi connectivity index (χ3v) is 2.93. The molecule has 0 aliphatic heterocycles. The van der Waals surface area contributed by atoms with Gasteiger partial charge in [-0.05, 0) is 36.4 Å². The summed E-state index contributed by atoms with van der Waals surface area (Å²) in [6, 6.07) is 4.89. The zero-order valence-electron chi connectivity index (χ0n) is 11.6. The number of halogens is 7. The summed E-state index contributed by atoms with van der Waals surface area (Å²) < 4.78 is 89.4. The molecule has 0 aliphatic carbocycles. The average molecular weight is 351 g/mol. The molecule has 9 heteroatoms.